The zero-order valence-corrected chi connectivity index (χ0v) is 23.9. The van der Waals surface area contributed by atoms with Gasteiger partial charge in [0.25, 0.3) is 5.91 Å². The molecule has 3 heterocycles. The van der Waals surface area contributed by atoms with Gasteiger partial charge < -0.3 is 55.2 Å². The van der Waals surface area contributed by atoms with Crippen molar-refractivity contribution in [3.63, 3.8) is 0 Å². The van der Waals surface area contributed by atoms with Gasteiger partial charge in [0.05, 0.1) is 5.56 Å². The standard InChI is InChI=1S/C27H33N7O3.CH4.4H3N.4H2/c1-18-16-19(8-11-22(18)29-24(37)21-10-9-20(35)17-23(21)36)28-25-30-26(33-12-4-2-5-13-33)32-27(31-25)34-14-6-3-7-15-34;;;;;;;;;/h8-11,16-17,35-36H,2-7,12-15H2,1H3,(H,29,37)(H,28,30,31,32);1H4;4*1H3;4*1H. The van der Waals surface area contributed by atoms with Gasteiger partial charge in [-0.1, -0.05) is 7.43 Å². The molecular formula is C28H57N11O3. The fourth-order valence-corrected chi connectivity index (χ4v) is 4.79. The van der Waals surface area contributed by atoms with E-state index in [-0.39, 0.29) is 54.8 Å². The van der Waals surface area contributed by atoms with E-state index in [2.05, 4.69) is 20.4 Å². The number of amides is 1. The molecule has 0 aliphatic carbocycles. The van der Waals surface area contributed by atoms with Crippen molar-refractivity contribution in [1.82, 2.24) is 39.6 Å². The van der Waals surface area contributed by atoms with Crippen molar-refractivity contribution in [2.45, 2.75) is 52.9 Å². The second kappa shape index (κ2) is 16.9. The number of nitrogens with one attached hydrogen (secondary N) is 2. The van der Waals surface area contributed by atoms with E-state index in [0.29, 0.717) is 23.5 Å². The van der Waals surface area contributed by atoms with Crippen LogP contribution in [0.1, 0.15) is 67.6 Å². The Balaban J connectivity index is -0.000000623. The Morgan fingerprint density at radius 3 is 1.83 bits per heavy atom. The number of aryl methyl sites for hydroxylation is 1. The van der Waals surface area contributed by atoms with E-state index in [9.17, 15) is 15.0 Å². The Morgan fingerprint density at radius 2 is 1.33 bits per heavy atom. The Labute approximate surface area is 254 Å². The van der Waals surface area contributed by atoms with E-state index >= 15 is 0 Å². The van der Waals surface area contributed by atoms with Crippen molar-refractivity contribution >= 4 is 35.1 Å². The van der Waals surface area contributed by atoms with Gasteiger partial charge in [-0.2, -0.15) is 15.0 Å². The highest BCUT2D eigenvalue weighted by Gasteiger charge is 2.21. The van der Waals surface area contributed by atoms with Gasteiger partial charge in [-0.25, -0.2) is 0 Å². The van der Waals surface area contributed by atoms with E-state index < -0.39 is 5.91 Å². The lowest BCUT2D eigenvalue weighted by Gasteiger charge is -2.30. The molecule has 0 radical (unpaired) electrons. The van der Waals surface area contributed by atoms with E-state index in [0.717, 1.165) is 69.2 Å². The topological polar surface area (TPSA) is 267 Å². The number of carbonyl (C=O) groups is 1. The number of aromatic nitrogens is 3. The summed E-state index contributed by atoms with van der Waals surface area (Å²) in [7, 11) is 0. The zero-order chi connectivity index (χ0) is 25.8. The minimum absolute atomic E-state index is 0. The van der Waals surface area contributed by atoms with Crippen molar-refractivity contribution in [3.05, 3.63) is 47.5 Å². The first-order valence-electron chi connectivity index (χ1n) is 12.9. The molecule has 2 saturated heterocycles. The smallest absolute Gasteiger partial charge is 0.259 e. The maximum absolute atomic E-state index is 12.6. The lowest BCUT2D eigenvalue weighted by atomic mass is 10.1. The Kier molecular flexibility index (Phi) is 15.2. The van der Waals surface area contributed by atoms with Gasteiger partial charge in [0.1, 0.15) is 11.5 Å². The number of hydrogen-bond acceptors (Lipinski definition) is 13. The molecule has 0 atom stereocenters. The van der Waals surface area contributed by atoms with Gasteiger partial charge in [-0.15, -0.1) is 0 Å². The number of phenolic OH excluding ortho intramolecular Hbond substituents is 2. The van der Waals surface area contributed by atoms with Crippen LogP contribution in [0.25, 0.3) is 0 Å². The summed E-state index contributed by atoms with van der Waals surface area (Å²) in [5, 5.41) is 25.6. The molecule has 2 aliphatic heterocycles. The first-order chi connectivity index (χ1) is 18.0. The first kappa shape index (κ1) is 37.8. The number of carbonyl (C=O) groups excluding carboxylic acids is 1. The minimum Gasteiger partial charge on any atom is -0.508 e. The molecule has 16 N–H and O–H groups in total. The van der Waals surface area contributed by atoms with E-state index in [1.165, 1.54) is 25.0 Å². The van der Waals surface area contributed by atoms with Crippen LogP contribution in [-0.2, 0) is 0 Å². The second-order valence-corrected chi connectivity index (χ2v) is 9.66. The molecule has 242 valence electrons. The van der Waals surface area contributed by atoms with E-state index in [1.54, 1.807) is 6.07 Å². The van der Waals surface area contributed by atoms with Crippen LogP contribution in [0.4, 0.5) is 29.2 Å². The maximum atomic E-state index is 12.6. The molecule has 0 bridgehead atoms. The van der Waals surface area contributed by atoms with Gasteiger partial charge in [-0.3, -0.25) is 4.79 Å². The summed E-state index contributed by atoms with van der Waals surface area (Å²) in [4.78, 5) is 31.5. The summed E-state index contributed by atoms with van der Waals surface area (Å²) in [6.45, 7) is 5.70. The number of piperidine rings is 2. The summed E-state index contributed by atoms with van der Waals surface area (Å²) in [5.74, 6) is 1.08. The molecule has 2 aromatic carbocycles. The third-order valence-electron chi connectivity index (χ3n) is 6.85. The molecule has 14 heteroatoms. The van der Waals surface area contributed by atoms with Crippen LogP contribution in [0.3, 0.4) is 0 Å². The van der Waals surface area contributed by atoms with Crippen LogP contribution in [0.2, 0.25) is 0 Å². The zero-order valence-electron chi connectivity index (χ0n) is 23.9. The molecule has 3 aromatic rings. The molecule has 2 aliphatic rings. The lowest BCUT2D eigenvalue weighted by molar-refractivity contribution is 0.102. The number of nitrogens with zero attached hydrogens (tertiary/aromatic N) is 5. The monoisotopic (exact) mass is 595 g/mol. The van der Waals surface area contributed by atoms with Crippen LogP contribution in [0, 0.1) is 6.92 Å². The summed E-state index contributed by atoms with van der Waals surface area (Å²) in [6, 6.07) is 9.44. The van der Waals surface area contributed by atoms with Crippen molar-refractivity contribution in [3.8, 4) is 11.5 Å². The fraction of sp³-hybridized carbons (Fsp3) is 0.429. The van der Waals surface area contributed by atoms with E-state index in [4.69, 9.17) is 15.0 Å². The SMILES string of the molecule is C.Cc1cc(Nc2nc(N3CCCCC3)nc(N3CCCCC3)n2)ccc1NC(=O)c1ccc(O)cc1O.N.N.N.N.[HH].[HH].[HH].[HH]. The molecule has 5 rings (SSSR count). The molecular weight excluding hydrogens is 538 g/mol. The number of phenols is 2. The average Bonchev–Trinajstić information content (AvgIpc) is 2.91. The molecule has 14 nitrogen and oxygen atoms in total. The lowest BCUT2D eigenvalue weighted by Crippen LogP contribution is -2.34. The third-order valence-corrected chi connectivity index (χ3v) is 6.85. The highest BCUT2D eigenvalue weighted by atomic mass is 16.3. The highest BCUT2D eigenvalue weighted by Crippen LogP contribution is 2.28. The molecule has 0 unspecified atom stereocenters. The summed E-state index contributed by atoms with van der Waals surface area (Å²) in [5.41, 5.74) is 2.32. The fourth-order valence-electron chi connectivity index (χ4n) is 4.79. The molecule has 2 fully saturated rings. The van der Waals surface area contributed by atoms with Crippen molar-refractivity contribution < 1.29 is 20.7 Å². The summed E-state index contributed by atoms with van der Waals surface area (Å²) >= 11 is 0. The Hall–Kier alpha value is -4.24. The molecule has 1 amide bonds. The molecule has 0 saturated carbocycles. The van der Waals surface area contributed by atoms with Crippen molar-refractivity contribution in [2.24, 2.45) is 0 Å². The number of rotatable bonds is 6. The maximum Gasteiger partial charge on any atom is 0.259 e. The largest absolute Gasteiger partial charge is 0.508 e. The third kappa shape index (κ3) is 8.88. The number of aromatic hydroxyl groups is 2. The number of hydrogen-bond donors (Lipinski definition) is 8. The quantitative estimate of drug-likeness (QED) is 0.145. The van der Waals surface area contributed by atoms with Gasteiger partial charge in [0, 0.05) is 49.3 Å². The van der Waals surface area contributed by atoms with Gasteiger partial charge >= 0.3 is 0 Å². The van der Waals surface area contributed by atoms with Crippen molar-refractivity contribution in [1.29, 1.82) is 0 Å². The molecule has 0 spiro atoms. The van der Waals surface area contributed by atoms with Crippen LogP contribution in [0.5, 0.6) is 11.5 Å². The molecule has 42 heavy (non-hydrogen) atoms. The first-order valence-corrected chi connectivity index (χ1v) is 12.9. The normalized spacial score (nSPS) is 14.0. The Morgan fingerprint density at radius 1 is 0.786 bits per heavy atom. The van der Waals surface area contributed by atoms with Crippen LogP contribution in [-0.4, -0.2) is 57.3 Å². The highest BCUT2D eigenvalue weighted by molar-refractivity contribution is 6.06. The average molecular weight is 596 g/mol. The Bertz CT molecular complexity index is 1260. The summed E-state index contributed by atoms with van der Waals surface area (Å²) < 4.78 is 0. The van der Waals surface area contributed by atoms with Crippen LogP contribution in [0.15, 0.2) is 36.4 Å². The van der Waals surface area contributed by atoms with Crippen LogP contribution < -0.4 is 45.0 Å². The van der Waals surface area contributed by atoms with Gasteiger partial charge in [0.2, 0.25) is 17.8 Å². The molecule has 1 aromatic heterocycles. The number of benzene rings is 2. The minimum atomic E-state index is -0.462. The summed E-state index contributed by atoms with van der Waals surface area (Å²) in [6.07, 6.45) is 7.04. The van der Waals surface area contributed by atoms with Gasteiger partial charge in [-0.05, 0) is 81.3 Å². The van der Waals surface area contributed by atoms with Gasteiger partial charge in [0.15, 0.2) is 0 Å². The van der Waals surface area contributed by atoms with Crippen molar-refractivity contribution in [2.75, 3.05) is 46.6 Å². The van der Waals surface area contributed by atoms with Crippen LogP contribution >= 0.6 is 0 Å². The number of anilines is 5. The second-order valence-electron chi connectivity index (χ2n) is 9.66. The van der Waals surface area contributed by atoms with E-state index in [1.807, 2.05) is 19.1 Å². The predicted molar refractivity (Wildman–Crippen MR) is 179 cm³/mol. The predicted octanol–water partition coefficient (Wildman–Crippen LogP) is 6.84.